The van der Waals surface area contributed by atoms with Gasteiger partial charge >= 0.3 is 0 Å². The second kappa shape index (κ2) is 5.96. The number of rotatable bonds is 4. The lowest BCUT2D eigenvalue weighted by molar-refractivity contribution is -0.117. The molecule has 2 fully saturated rings. The van der Waals surface area contributed by atoms with Gasteiger partial charge < -0.3 is 15.1 Å². The van der Waals surface area contributed by atoms with E-state index in [0.717, 1.165) is 41.9 Å². The van der Waals surface area contributed by atoms with Crippen LogP contribution in [-0.2, 0) is 11.2 Å². The second-order valence-electron chi connectivity index (χ2n) is 6.87. The molecule has 1 amide bonds. The fourth-order valence-electron chi connectivity index (χ4n) is 4.02. The monoisotopic (exact) mass is 313 g/mol. The summed E-state index contributed by atoms with van der Waals surface area (Å²) in [5.74, 6) is 1.35. The highest BCUT2D eigenvalue weighted by Gasteiger charge is 2.34. The van der Waals surface area contributed by atoms with Crippen LogP contribution < -0.4 is 10.6 Å². The first-order valence-corrected chi connectivity index (χ1v) is 8.65. The summed E-state index contributed by atoms with van der Waals surface area (Å²) in [5.41, 5.74) is 2.38. The zero-order valence-electron chi connectivity index (χ0n) is 13.5. The smallest absolute Gasteiger partial charge is 0.224 e. The third kappa shape index (κ3) is 3.11. The van der Waals surface area contributed by atoms with Crippen LogP contribution in [0.5, 0.6) is 0 Å². The minimum absolute atomic E-state index is 0.106. The quantitative estimate of drug-likeness (QED) is 0.909. The molecular formula is C18H23N3O2. The van der Waals surface area contributed by atoms with Crippen molar-refractivity contribution in [2.24, 2.45) is 5.92 Å². The third-order valence-electron chi connectivity index (χ3n) is 5.06. The number of amides is 1. The summed E-state index contributed by atoms with van der Waals surface area (Å²) in [7, 11) is 0. The van der Waals surface area contributed by atoms with Crippen molar-refractivity contribution in [3.8, 4) is 0 Å². The van der Waals surface area contributed by atoms with Gasteiger partial charge in [0.25, 0.3) is 0 Å². The molecule has 1 aromatic carbocycles. The number of benzene rings is 1. The lowest BCUT2D eigenvalue weighted by Crippen LogP contribution is -2.39. The van der Waals surface area contributed by atoms with Gasteiger partial charge in [0.1, 0.15) is 5.52 Å². The van der Waals surface area contributed by atoms with E-state index < -0.39 is 0 Å². The van der Waals surface area contributed by atoms with E-state index >= 15 is 0 Å². The lowest BCUT2D eigenvalue weighted by atomic mass is 9.89. The van der Waals surface area contributed by atoms with Crippen LogP contribution in [0.25, 0.3) is 11.1 Å². The molecular weight excluding hydrogens is 290 g/mol. The van der Waals surface area contributed by atoms with E-state index in [9.17, 15) is 4.79 Å². The number of anilines is 1. The molecule has 23 heavy (non-hydrogen) atoms. The molecule has 122 valence electrons. The van der Waals surface area contributed by atoms with E-state index in [4.69, 9.17) is 4.42 Å². The van der Waals surface area contributed by atoms with Gasteiger partial charge in [0.15, 0.2) is 11.5 Å². The van der Waals surface area contributed by atoms with E-state index in [0.29, 0.717) is 24.4 Å². The Labute approximate surface area is 135 Å². The first-order chi connectivity index (χ1) is 11.2. The molecule has 0 saturated carbocycles. The first-order valence-electron chi connectivity index (χ1n) is 8.65. The number of carbonyl (C=O) groups excluding carboxylic acids is 1. The Morgan fingerprint density at radius 1 is 1.35 bits per heavy atom. The summed E-state index contributed by atoms with van der Waals surface area (Å²) in [6.07, 6.45) is 6.19. The Kier molecular flexibility index (Phi) is 3.81. The molecule has 2 atom stereocenters. The van der Waals surface area contributed by atoms with Crippen molar-refractivity contribution in [3.05, 3.63) is 24.1 Å². The summed E-state index contributed by atoms with van der Waals surface area (Å²) in [4.78, 5) is 16.8. The van der Waals surface area contributed by atoms with Gasteiger partial charge in [-0.05, 0) is 49.8 Å². The number of aromatic nitrogens is 1. The molecule has 2 aliphatic heterocycles. The Morgan fingerprint density at radius 3 is 2.87 bits per heavy atom. The van der Waals surface area contributed by atoms with Crippen molar-refractivity contribution in [2.45, 2.75) is 57.5 Å². The van der Waals surface area contributed by atoms with Crippen molar-refractivity contribution in [2.75, 3.05) is 5.32 Å². The van der Waals surface area contributed by atoms with Crippen molar-refractivity contribution < 1.29 is 9.21 Å². The number of nitrogens with zero attached hydrogens (tertiary/aromatic N) is 1. The van der Waals surface area contributed by atoms with Crippen LogP contribution in [0, 0.1) is 5.92 Å². The molecule has 2 bridgehead atoms. The van der Waals surface area contributed by atoms with Crippen LogP contribution in [0.3, 0.4) is 0 Å². The molecule has 0 spiro atoms. The van der Waals surface area contributed by atoms with Gasteiger partial charge in [0.2, 0.25) is 5.91 Å². The van der Waals surface area contributed by atoms with E-state index in [1.807, 2.05) is 25.1 Å². The number of carbonyl (C=O) groups is 1. The third-order valence-corrected chi connectivity index (χ3v) is 5.06. The molecule has 2 aromatic rings. The Balaban J connectivity index is 1.40. The van der Waals surface area contributed by atoms with Crippen molar-refractivity contribution in [1.82, 2.24) is 10.3 Å². The Morgan fingerprint density at radius 2 is 2.13 bits per heavy atom. The summed E-state index contributed by atoms with van der Waals surface area (Å²) >= 11 is 0. The molecule has 4 rings (SSSR count). The fraction of sp³-hybridized carbons (Fsp3) is 0.556. The molecule has 2 N–H and O–H groups in total. The number of hydrogen-bond donors (Lipinski definition) is 2. The fourth-order valence-corrected chi connectivity index (χ4v) is 4.02. The number of oxazole rings is 1. The van der Waals surface area contributed by atoms with Gasteiger partial charge in [-0.15, -0.1) is 0 Å². The average molecular weight is 313 g/mol. The van der Waals surface area contributed by atoms with Gasteiger partial charge in [-0.2, -0.15) is 0 Å². The molecule has 2 unspecified atom stereocenters. The molecule has 5 nitrogen and oxygen atoms in total. The normalized spacial score (nSPS) is 26.6. The van der Waals surface area contributed by atoms with Crippen molar-refractivity contribution in [3.63, 3.8) is 0 Å². The van der Waals surface area contributed by atoms with E-state index in [2.05, 4.69) is 15.6 Å². The van der Waals surface area contributed by atoms with Gasteiger partial charge in [-0.1, -0.05) is 6.92 Å². The highest BCUT2D eigenvalue weighted by atomic mass is 16.3. The summed E-state index contributed by atoms with van der Waals surface area (Å²) in [5, 5.41) is 6.64. The van der Waals surface area contributed by atoms with Crippen LogP contribution in [-0.4, -0.2) is 23.0 Å². The maximum atomic E-state index is 12.3. The van der Waals surface area contributed by atoms with E-state index in [1.54, 1.807) is 0 Å². The standard InChI is InChI=1S/C18H23N3O2/c1-2-18-21-15-10-14(5-6-16(15)23-18)20-17(22)9-11-7-12-3-4-13(8-11)19-12/h5-6,10-13,19H,2-4,7-9H2,1H3,(H,20,22). The van der Waals surface area contributed by atoms with Crippen LogP contribution >= 0.6 is 0 Å². The summed E-state index contributed by atoms with van der Waals surface area (Å²) in [6, 6.07) is 6.91. The van der Waals surface area contributed by atoms with Crippen molar-refractivity contribution >= 4 is 22.7 Å². The summed E-state index contributed by atoms with van der Waals surface area (Å²) < 4.78 is 5.60. The van der Waals surface area contributed by atoms with Gasteiger partial charge in [-0.3, -0.25) is 4.79 Å². The van der Waals surface area contributed by atoms with Crippen LogP contribution in [0.4, 0.5) is 5.69 Å². The number of nitrogens with one attached hydrogen (secondary N) is 2. The average Bonchev–Trinajstić information content (AvgIpc) is 3.09. The highest BCUT2D eigenvalue weighted by Crippen LogP contribution is 2.33. The zero-order chi connectivity index (χ0) is 15.8. The topological polar surface area (TPSA) is 67.2 Å². The molecule has 2 saturated heterocycles. The number of aryl methyl sites for hydroxylation is 1. The maximum Gasteiger partial charge on any atom is 0.224 e. The van der Waals surface area contributed by atoms with Crippen LogP contribution in [0.1, 0.15) is 44.9 Å². The summed E-state index contributed by atoms with van der Waals surface area (Å²) in [6.45, 7) is 2.01. The van der Waals surface area contributed by atoms with Gasteiger partial charge in [-0.25, -0.2) is 4.98 Å². The first kappa shape index (κ1) is 14.7. The van der Waals surface area contributed by atoms with Crippen LogP contribution in [0.15, 0.2) is 22.6 Å². The number of hydrogen-bond acceptors (Lipinski definition) is 4. The molecule has 0 aliphatic carbocycles. The Hall–Kier alpha value is -1.88. The molecule has 2 aliphatic rings. The highest BCUT2D eigenvalue weighted by molar-refractivity contribution is 5.92. The largest absolute Gasteiger partial charge is 0.441 e. The molecule has 5 heteroatoms. The molecule has 0 radical (unpaired) electrons. The minimum Gasteiger partial charge on any atom is -0.441 e. The van der Waals surface area contributed by atoms with Gasteiger partial charge in [0.05, 0.1) is 0 Å². The maximum absolute atomic E-state index is 12.3. The van der Waals surface area contributed by atoms with Crippen LogP contribution in [0.2, 0.25) is 0 Å². The number of fused-ring (bicyclic) bond motifs is 3. The molecule has 1 aromatic heterocycles. The van der Waals surface area contributed by atoms with E-state index in [1.165, 1.54) is 12.8 Å². The Bertz CT molecular complexity index is 712. The lowest BCUT2D eigenvalue weighted by Gasteiger charge is -2.28. The van der Waals surface area contributed by atoms with Gasteiger partial charge in [0, 0.05) is 30.6 Å². The zero-order valence-corrected chi connectivity index (χ0v) is 13.5. The SMILES string of the molecule is CCc1nc2cc(NC(=O)CC3CC4CCC(C3)N4)ccc2o1. The van der Waals surface area contributed by atoms with E-state index in [-0.39, 0.29) is 5.91 Å². The predicted octanol–water partition coefficient (Wildman–Crippen LogP) is 3.25. The second-order valence-corrected chi connectivity index (χ2v) is 6.87. The number of piperidine rings is 1. The van der Waals surface area contributed by atoms with Crippen molar-refractivity contribution in [1.29, 1.82) is 0 Å². The molecule has 3 heterocycles. The predicted molar refractivity (Wildman–Crippen MR) is 89.3 cm³/mol. The minimum atomic E-state index is 0.106.